The van der Waals surface area contributed by atoms with Crippen LogP contribution in [0.15, 0.2) is 12.2 Å². The van der Waals surface area contributed by atoms with Crippen molar-refractivity contribution >= 4 is 12.0 Å². The maximum Gasteiger partial charge on any atom is 0.323 e. The van der Waals surface area contributed by atoms with Crippen molar-refractivity contribution < 1.29 is 14.7 Å². The SMILES string of the molecule is C/C=C/CCNC(=O)N(CC(=O)O)C(C)CC. The molecule has 2 amide bonds. The number of carboxylic acid groups (broad SMARTS) is 1. The van der Waals surface area contributed by atoms with Gasteiger partial charge in [-0.3, -0.25) is 4.79 Å². The van der Waals surface area contributed by atoms with Gasteiger partial charge in [-0.2, -0.15) is 0 Å². The number of rotatable bonds is 7. The zero-order valence-electron chi connectivity index (χ0n) is 10.8. The van der Waals surface area contributed by atoms with Gasteiger partial charge in [0.25, 0.3) is 0 Å². The number of nitrogens with zero attached hydrogens (tertiary/aromatic N) is 1. The molecule has 5 nitrogen and oxygen atoms in total. The van der Waals surface area contributed by atoms with Crippen LogP contribution in [0.3, 0.4) is 0 Å². The first kappa shape index (κ1) is 15.5. The van der Waals surface area contributed by atoms with Crippen molar-refractivity contribution in [2.45, 2.75) is 39.7 Å². The lowest BCUT2D eigenvalue weighted by molar-refractivity contribution is -0.138. The Labute approximate surface area is 102 Å². The number of aliphatic carboxylic acids is 1. The molecule has 0 spiro atoms. The number of allylic oxidation sites excluding steroid dienone is 1. The molecule has 0 rings (SSSR count). The third-order valence-electron chi connectivity index (χ3n) is 2.51. The quantitative estimate of drug-likeness (QED) is 0.528. The van der Waals surface area contributed by atoms with Gasteiger partial charge < -0.3 is 15.3 Å². The van der Waals surface area contributed by atoms with E-state index in [9.17, 15) is 9.59 Å². The molecule has 0 aromatic carbocycles. The monoisotopic (exact) mass is 242 g/mol. The summed E-state index contributed by atoms with van der Waals surface area (Å²) in [5, 5.41) is 11.5. The minimum atomic E-state index is -0.992. The van der Waals surface area contributed by atoms with Crippen LogP contribution < -0.4 is 5.32 Å². The second-order valence-electron chi connectivity index (χ2n) is 3.87. The molecule has 0 radical (unpaired) electrons. The van der Waals surface area contributed by atoms with Crippen LogP contribution in [0.2, 0.25) is 0 Å². The molecule has 0 aromatic heterocycles. The van der Waals surface area contributed by atoms with Crippen LogP contribution in [-0.4, -0.2) is 41.1 Å². The zero-order chi connectivity index (χ0) is 13.3. The summed E-state index contributed by atoms with van der Waals surface area (Å²) in [6.07, 6.45) is 5.35. The highest BCUT2D eigenvalue weighted by Gasteiger charge is 2.20. The molecule has 0 fully saturated rings. The Kier molecular flexibility index (Phi) is 7.84. The largest absolute Gasteiger partial charge is 0.480 e. The summed E-state index contributed by atoms with van der Waals surface area (Å²) in [4.78, 5) is 23.8. The summed E-state index contributed by atoms with van der Waals surface area (Å²) >= 11 is 0. The minimum absolute atomic E-state index is 0.0761. The van der Waals surface area contributed by atoms with Crippen molar-refractivity contribution in [2.24, 2.45) is 0 Å². The number of carboxylic acids is 1. The fourth-order valence-corrected chi connectivity index (χ4v) is 1.32. The molecular formula is C12H22N2O3. The van der Waals surface area contributed by atoms with Gasteiger partial charge >= 0.3 is 12.0 Å². The molecule has 1 atom stereocenters. The van der Waals surface area contributed by atoms with Gasteiger partial charge in [-0.25, -0.2) is 4.79 Å². The van der Waals surface area contributed by atoms with Crippen molar-refractivity contribution in [2.75, 3.05) is 13.1 Å². The molecule has 0 heterocycles. The van der Waals surface area contributed by atoms with Crippen molar-refractivity contribution in [3.8, 4) is 0 Å². The highest BCUT2D eigenvalue weighted by atomic mass is 16.4. The fourth-order valence-electron chi connectivity index (χ4n) is 1.32. The molecule has 0 saturated heterocycles. The second-order valence-corrected chi connectivity index (χ2v) is 3.87. The maximum atomic E-state index is 11.8. The smallest absolute Gasteiger partial charge is 0.323 e. The minimum Gasteiger partial charge on any atom is -0.480 e. The topological polar surface area (TPSA) is 69.6 Å². The molecule has 98 valence electrons. The molecule has 1 unspecified atom stereocenters. The molecule has 17 heavy (non-hydrogen) atoms. The number of nitrogens with one attached hydrogen (secondary N) is 1. The molecule has 0 aliphatic heterocycles. The lowest BCUT2D eigenvalue weighted by Gasteiger charge is -2.26. The number of amides is 2. The summed E-state index contributed by atoms with van der Waals surface area (Å²) < 4.78 is 0. The molecule has 0 bridgehead atoms. The summed E-state index contributed by atoms with van der Waals surface area (Å²) in [6.45, 7) is 5.94. The fraction of sp³-hybridized carbons (Fsp3) is 0.667. The van der Waals surface area contributed by atoms with E-state index in [1.807, 2.05) is 32.9 Å². The third-order valence-corrected chi connectivity index (χ3v) is 2.51. The van der Waals surface area contributed by atoms with Crippen molar-refractivity contribution in [1.82, 2.24) is 10.2 Å². The molecule has 0 aliphatic rings. The van der Waals surface area contributed by atoms with E-state index in [0.717, 1.165) is 12.8 Å². The Balaban J connectivity index is 4.27. The summed E-state index contributed by atoms with van der Waals surface area (Å²) in [7, 11) is 0. The Hall–Kier alpha value is -1.52. The van der Waals surface area contributed by atoms with Crippen LogP contribution in [0, 0.1) is 0 Å². The van der Waals surface area contributed by atoms with Gasteiger partial charge in [0.05, 0.1) is 0 Å². The normalized spacial score (nSPS) is 12.4. The number of hydrogen-bond acceptors (Lipinski definition) is 2. The molecule has 2 N–H and O–H groups in total. The molecular weight excluding hydrogens is 220 g/mol. The van der Waals surface area contributed by atoms with Gasteiger partial charge in [0, 0.05) is 12.6 Å². The first-order valence-electron chi connectivity index (χ1n) is 5.90. The summed E-state index contributed by atoms with van der Waals surface area (Å²) in [6, 6.07) is -0.390. The first-order chi connectivity index (χ1) is 8.02. The zero-order valence-corrected chi connectivity index (χ0v) is 10.8. The second kappa shape index (κ2) is 8.61. The standard InChI is InChI=1S/C12H22N2O3/c1-4-6-7-8-13-12(17)14(9-11(15)16)10(3)5-2/h4,6,10H,5,7-9H2,1-3H3,(H,13,17)(H,15,16)/b6-4+. The van der Waals surface area contributed by atoms with Gasteiger partial charge in [0.2, 0.25) is 0 Å². The number of carbonyl (C=O) groups excluding carboxylic acids is 1. The maximum absolute atomic E-state index is 11.8. The van der Waals surface area contributed by atoms with Crippen LogP contribution in [0.4, 0.5) is 4.79 Å². The van der Waals surface area contributed by atoms with Gasteiger partial charge in [0.15, 0.2) is 0 Å². The average Bonchev–Trinajstić information content (AvgIpc) is 2.30. The third kappa shape index (κ3) is 6.60. The Morgan fingerprint density at radius 3 is 2.59 bits per heavy atom. The van der Waals surface area contributed by atoms with Crippen molar-refractivity contribution in [3.63, 3.8) is 0 Å². The predicted molar refractivity (Wildman–Crippen MR) is 66.9 cm³/mol. The van der Waals surface area contributed by atoms with E-state index < -0.39 is 5.97 Å². The first-order valence-corrected chi connectivity index (χ1v) is 5.90. The van der Waals surface area contributed by atoms with Crippen LogP contribution in [-0.2, 0) is 4.79 Å². The average molecular weight is 242 g/mol. The Morgan fingerprint density at radius 1 is 1.47 bits per heavy atom. The van der Waals surface area contributed by atoms with Crippen LogP contribution in [0.5, 0.6) is 0 Å². The molecule has 0 aliphatic carbocycles. The Morgan fingerprint density at radius 2 is 2.12 bits per heavy atom. The van der Waals surface area contributed by atoms with E-state index >= 15 is 0 Å². The van der Waals surface area contributed by atoms with Gasteiger partial charge in [-0.15, -0.1) is 0 Å². The van der Waals surface area contributed by atoms with E-state index in [-0.39, 0.29) is 18.6 Å². The van der Waals surface area contributed by atoms with Gasteiger partial charge in [-0.05, 0) is 26.7 Å². The lowest BCUT2D eigenvalue weighted by atomic mass is 10.2. The van der Waals surface area contributed by atoms with Crippen molar-refractivity contribution in [3.05, 3.63) is 12.2 Å². The number of hydrogen-bond donors (Lipinski definition) is 2. The van der Waals surface area contributed by atoms with Gasteiger partial charge in [0.1, 0.15) is 6.54 Å². The van der Waals surface area contributed by atoms with Gasteiger partial charge in [-0.1, -0.05) is 19.1 Å². The number of carbonyl (C=O) groups is 2. The summed E-state index contributed by atoms with van der Waals surface area (Å²) in [5.74, 6) is -0.992. The highest BCUT2D eigenvalue weighted by Crippen LogP contribution is 2.03. The van der Waals surface area contributed by atoms with Crippen LogP contribution in [0.25, 0.3) is 0 Å². The van der Waals surface area contributed by atoms with E-state index in [1.165, 1.54) is 4.90 Å². The molecule has 0 aromatic rings. The predicted octanol–water partition coefficient (Wildman–Crippen LogP) is 1.85. The van der Waals surface area contributed by atoms with Crippen molar-refractivity contribution in [1.29, 1.82) is 0 Å². The van der Waals surface area contributed by atoms with Crippen LogP contribution >= 0.6 is 0 Å². The summed E-state index contributed by atoms with van der Waals surface area (Å²) in [5.41, 5.74) is 0. The van der Waals surface area contributed by atoms with E-state index in [4.69, 9.17) is 5.11 Å². The highest BCUT2D eigenvalue weighted by molar-refractivity contribution is 5.80. The number of urea groups is 1. The Bertz CT molecular complexity index is 277. The van der Waals surface area contributed by atoms with E-state index in [2.05, 4.69) is 5.32 Å². The lowest BCUT2D eigenvalue weighted by Crippen LogP contribution is -2.47. The molecule has 0 saturated carbocycles. The van der Waals surface area contributed by atoms with Crippen LogP contribution in [0.1, 0.15) is 33.6 Å². The van der Waals surface area contributed by atoms with E-state index in [0.29, 0.717) is 6.54 Å². The van der Waals surface area contributed by atoms with E-state index in [1.54, 1.807) is 0 Å². The molecule has 5 heteroatoms.